The van der Waals surface area contributed by atoms with Gasteiger partial charge in [0.15, 0.2) is 0 Å². The number of hydrogen-bond acceptors (Lipinski definition) is 3. The lowest BCUT2D eigenvalue weighted by Gasteiger charge is -2.10. The summed E-state index contributed by atoms with van der Waals surface area (Å²) in [6.45, 7) is 0. The highest BCUT2D eigenvalue weighted by Crippen LogP contribution is 2.28. The highest BCUT2D eigenvalue weighted by atomic mass is 35.5. The lowest BCUT2D eigenvalue weighted by atomic mass is 10.2. The first-order valence-electron chi connectivity index (χ1n) is 5.79. The first kappa shape index (κ1) is 14.0. The highest BCUT2D eigenvalue weighted by molar-refractivity contribution is 6.30. The topological polar surface area (TPSA) is 70.6 Å². The fourth-order valence-electron chi connectivity index (χ4n) is 1.60. The van der Waals surface area contributed by atoms with Gasteiger partial charge in [-0.3, -0.25) is 0 Å². The minimum absolute atomic E-state index is 0.0782. The number of urea groups is 1. The van der Waals surface area contributed by atoms with Crippen LogP contribution in [0.5, 0.6) is 11.5 Å². The van der Waals surface area contributed by atoms with Crippen LogP contribution in [-0.2, 0) is 0 Å². The average molecular weight is 293 g/mol. The van der Waals surface area contributed by atoms with E-state index in [0.717, 1.165) is 0 Å². The van der Waals surface area contributed by atoms with Gasteiger partial charge in [0.25, 0.3) is 0 Å². The van der Waals surface area contributed by atoms with Gasteiger partial charge >= 0.3 is 6.03 Å². The third-order valence-corrected chi connectivity index (χ3v) is 2.77. The number of methoxy groups -OCH3 is 1. The maximum atomic E-state index is 11.8. The number of benzene rings is 2. The Kier molecular flexibility index (Phi) is 4.32. The zero-order valence-corrected chi connectivity index (χ0v) is 11.4. The Bertz CT molecular complexity index is 632. The van der Waals surface area contributed by atoms with Gasteiger partial charge in [-0.25, -0.2) is 4.79 Å². The van der Waals surface area contributed by atoms with Crippen LogP contribution in [0.1, 0.15) is 0 Å². The van der Waals surface area contributed by atoms with Crippen LogP contribution in [0.3, 0.4) is 0 Å². The molecule has 20 heavy (non-hydrogen) atoms. The molecular weight excluding hydrogens is 280 g/mol. The summed E-state index contributed by atoms with van der Waals surface area (Å²) >= 11 is 5.82. The van der Waals surface area contributed by atoms with E-state index in [1.54, 1.807) is 36.4 Å². The van der Waals surface area contributed by atoms with Crippen molar-refractivity contribution >= 4 is 29.0 Å². The number of rotatable bonds is 3. The van der Waals surface area contributed by atoms with E-state index in [1.807, 2.05) is 0 Å². The second-order valence-electron chi connectivity index (χ2n) is 3.97. The van der Waals surface area contributed by atoms with Gasteiger partial charge in [-0.15, -0.1) is 0 Å². The summed E-state index contributed by atoms with van der Waals surface area (Å²) in [6.07, 6.45) is 0. The molecule has 0 aliphatic carbocycles. The lowest BCUT2D eigenvalue weighted by molar-refractivity contribution is 0.262. The number of aromatic hydroxyl groups is 1. The lowest BCUT2D eigenvalue weighted by Crippen LogP contribution is -2.19. The smallest absolute Gasteiger partial charge is 0.323 e. The molecule has 0 heterocycles. The van der Waals surface area contributed by atoms with Gasteiger partial charge in [-0.05, 0) is 30.3 Å². The van der Waals surface area contributed by atoms with Gasteiger partial charge in [0.2, 0.25) is 0 Å². The van der Waals surface area contributed by atoms with Crippen molar-refractivity contribution in [1.82, 2.24) is 0 Å². The molecule has 0 aliphatic heterocycles. The molecule has 104 valence electrons. The summed E-state index contributed by atoms with van der Waals surface area (Å²) in [7, 11) is 1.49. The van der Waals surface area contributed by atoms with Gasteiger partial charge in [0.1, 0.15) is 11.5 Å². The Balaban J connectivity index is 2.05. The Morgan fingerprint density at radius 2 is 2.00 bits per heavy atom. The summed E-state index contributed by atoms with van der Waals surface area (Å²) in [5.74, 6) is 0.425. The number of phenols is 1. The van der Waals surface area contributed by atoms with E-state index >= 15 is 0 Å². The minimum Gasteiger partial charge on any atom is -0.506 e. The van der Waals surface area contributed by atoms with Crippen LogP contribution in [0.4, 0.5) is 16.2 Å². The van der Waals surface area contributed by atoms with Gasteiger partial charge in [0, 0.05) is 16.8 Å². The molecule has 2 aromatic carbocycles. The number of nitrogens with one attached hydrogen (secondary N) is 2. The van der Waals surface area contributed by atoms with Crippen molar-refractivity contribution in [2.24, 2.45) is 0 Å². The first-order chi connectivity index (χ1) is 9.58. The maximum absolute atomic E-state index is 11.8. The van der Waals surface area contributed by atoms with Crippen molar-refractivity contribution in [3.05, 3.63) is 47.5 Å². The molecule has 0 aliphatic rings. The summed E-state index contributed by atoms with van der Waals surface area (Å²) in [5.41, 5.74) is 0.841. The highest BCUT2D eigenvalue weighted by Gasteiger charge is 2.07. The number of amides is 2. The van der Waals surface area contributed by atoms with E-state index in [1.165, 1.54) is 13.2 Å². The molecule has 0 saturated heterocycles. The van der Waals surface area contributed by atoms with Crippen LogP contribution in [0, 0.1) is 0 Å². The van der Waals surface area contributed by atoms with Gasteiger partial charge in [-0.2, -0.15) is 0 Å². The predicted octanol–water partition coefficient (Wildman–Crippen LogP) is 3.70. The standard InChI is InChI=1S/C14H13ClN2O3/c1-20-11-5-6-12(13(18)8-11)17-14(19)16-10-4-2-3-9(15)7-10/h2-8,18H,1H3,(H2,16,17,19). The van der Waals surface area contributed by atoms with Crippen molar-refractivity contribution in [1.29, 1.82) is 0 Å². The van der Waals surface area contributed by atoms with Crippen molar-refractivity contribution in [2.75, 3.05) is 17.7 Å². The van der Waals surface area contributed by atoms with Crippen molar-refractivity contribution in [3.8, 4) is 11.5 Å². The molecule has 0 unspecified atom stereocenters. The molecule has 0 aromatic heterocycles. The van der Waals surface area contributed by atoms with Crippen LogP contribution >= 0.6 is 11.6 Å². The Hall–Kier alpha value is -2.40. The van der Waals surface area contributed by atoms with E-state index in [9.17, 15) is 9.90 Å². The number of halogens is 1. The van der Waals surface area contributed by atoms with Crippen molar-refractivity contribution < 1.29 is 14.6 Å². The van der Waals surface area contributed by atoms with Gasteiger partial charge < -0.3 is 20.5 Å². The Labute approximate surface area is 121 Å². The molecule has 0 fully saturated rings. The van der Waals surface area contributed by atoms with E-state index in [4.69, 9.17) is 16.3 Å². The molecule has 2 rings (SSSR count). The molecule has 0 saturated carbocycles. The zero-order valence-electron chi connectivity index (χ0n) is 10.7. The molecule has 0 bridgehead atoms. The molecular formula is C14H13ClN2O3. The molecule has 2 aromatic rings. The Morgan fingerprint density at radius 1 is 1.20 bits per heavy atom. The number of carbonyl (C=O) groups is 1. The van der Waals surface area contributed by atoms with E-state index < -0.39 is 6.03 Å². The SMILES string of the molecule is COc1ccc(NC(=O)Nc2cccc(Cl)c2)c(O)c1. The monoisotopic (exact) mass is 292 g/mol. The molecule has 0 radical (unpaired) electrons. The number of ether oxygens (including phenoxy) is 1. The van der Waals surface area contributed by atoms with Crippen LogP contribution in [-0.4, -0.2) is 18.2 Å². The van der Waals surface area contributed by atoms with E-state index in [2.05, 4.69) is 10.6 Å². The van der Waals surface area contributed by atoms with Crippen LogP contribution in [0.2, 0.25) is 5.02 Å². The molecule has 0 spiro atoms. The number of anilines is 2. The summed E-state index contributed by atoms with van der Waals surface area (Å²) in [5, 5.41) is 15.4. The average Bonchev–Trinajstić information content (AvgIpc) is 2.41. The van der Waals surface area contributed by atoms with Gasteiger partial charge in [0.05, 0.1) is 12.8 Å². The van der Waals surface area contributed by atoms with E-state index in [-0.39, 0.29) is 11.4 Å². The molecule has 0 atom stereocenters. The fraction of sp³-hybridized carbons (Fsp3) is 0.0714. The summed E-state index contributed by atoms with van der Waals surface area (Å²) in [6, 6.07) is 10.9. The fourth-order valence-corrected chi connectivity index (χ4v) is 1.79. The minimum atomic E-state index is -0.479. The molecule has 3 N–H and O–H groups in total. The molecule has 5 nitrogen and oxygen atoms in total. The van der Waals surface area contributed by atoms with Crippen molar-refractivity contribution in [2.45, 2.75) is 0 Å². The molecule has 2 amide bonds. The number of carbonyl (C=O) groups excluding carboxylic acids is 1. The maximum Gasteiger partial charge on any atom is 0.323 e. The summed E-state index contributed by atoms with van der Waals surface area (Å²) < 4.78 is 4.96. The normalized spacial score (nSPS) is 9.90. The second-order valence-corrected chi connectivity index (χ2v) is 4.41. The molecule has 6 heteroatoms. The van der Waals surface area contributed by atoms with Crippen molar-refractivity contribution in [3.63, 3.8) is 0 Å². The zero-order chi connectivity index (χ0) is 14.5. The first-order valence-corrected chi connectivity index (χ1v) is 6.17. The predicted molar refractivity (Wildman–Crippen MR) is 78.8 cm³/mol. The van der Waals surface area contributed by atoms with Gasteiger partial charge in [-0.1, -0.05) is 17.7 Å². The third kappa shape index (κ3) is 3.55. The van der Waals surface area contributed by atoms with Crippen LogP contribution in [0.15, 0.2) is 42.5 Å². The van der Waals surface area contributed by atoms with Crippen LogP contribution in [0.25, 0.3) is 0 Å². The number of phenolic OH excluding ortho intramolecular Hbond substituents is 1. The second kappa shape index (κ2) is 6.16. The third-order valence-electron chi connectivity index (χ3n) is 2.54. The number of hydrogen-bond donors (Lipinski definition) is 3. The summed E-state index contributed by atoms with van der Waals surface area (Å²) in [4.78, 5) is 11.8. The van der Waals surface area contributed by atoms with Crippen LogP contribution < -0.4 is 15.4 Å². The quantitative estimate of drug-likeness (QED) is 0.755. The Morgan fingerprint density at radius 3 is 2.65 bits per heavy atom. The van der Waals surface area contributed by atoms with E-state index in [0.29, 0.717) is 16.5 Å². The largest absolute Gasteiger partial charge is 0.506 e.